The van der Waals surface area contributed by atoms with Crippen LogP contribution < -0.4 is 11.1 Å². The standard InChI is InChI=1S/C10H17N5O4S2/c1-6-5-19-8(3-11)4-15(6)21(17,18)10-14-13-9(20-10)12-7(2)16/h6,8H,3-5,11H2,1-2H3,(H,12,13,16). The summed E-state index contributed by atoms with van der Waals surface area (Å²) >= 11 is 0.817. The van der Waals surface area contributed by atoms with Crippen molar-refractivity contribution in [2.24, 2.45) is 5.73 Å². The number of rotatable bonds is 4. The first-order chi connectivity index (χ1) is 9.84. The van der Waals surface area contributed by atoms with Crippen LogP contribution in [0.3, 0.4) is 0 Å². The maximum absolute atomic E-state index is 12.6. The fraction of sp³-hybridized carbons (Fsp3) is 0.700. The molecule has 2 unspecified atom stereocenters. The number of hydrogen-bond donors (Lipinski definition) is 2. The van der Waals surface area contributed by atoms with Gasteiger partial charge in [0.05, 0.1) is 12.7 Å². The minimum atomic E-state index is -3.78. The molecule has 1 aromatic rings. The number of sulfonamides is 1. The summed E-state index contributed by atoms with van der Waals surface area (Å²) in [6.45, 7) is 3.75. The summed E-state index contributed by atoms with van der Waals surface area (Å²) in [5.74, 6) is -0.335. The Bertz CT molecular complexity index is 617. The number of nitrogens with two attached hydrogens (primary N) is 1. The molecule has 2 rings (SSSR count). The molecule has 21 heavy (non-hydrogen) atoms. The van der Waals surface area contributed by atoms with Crippen LogP contribution in [0.2, 0.25) is 0 Å². The molecule has 1 saturated heterocycles. The van der Waals surface area contributed by atoms with Gasteiger partial charge >= 0.3 is 0 Å². The molecular formula is C10H17N5O4S2. The molecule has 1 aliphatic heterocycles. The molecule has 2 atom stereocenters. The zero-order valence-electron chi connectivity index (χ0n) is 11.6. The van der Waals surface area contributed by atoms with Crippen LogP contribution in [0.25, 0.3) is 0 Å². The highest BCUT2D eigenvalue weighted by molar-refractivity contribution is 7.91. The number of ether oxygens (including phenoxy) is 1. The van der Waals surface area contributed by atoms with E-state index in [0.717, 1.165) is 11.3 Å². The van der Waals surface area contributed by atoms with Crippen molar-refractivity contribution in [2.75, 3.05) is 25.0 Å². The zero-order valence-corrected chi connectivity index (χ0v) is 13.3. The van der Waals surface area contributed by atoms with E-state index >= 15 is 0 Å². The lowest BCUT2D eigenvalue weighted by Gasteiger charge is -2.35. The first-order valence-corrected chi connectivity index (χ1v) is 8.55. The van der Waals surface area contributed by atoms with Gasteiger partial charge in [0.15, 0.2) is 0 Å². The van der Waals surface area contributed by atoms with Gasteiger partial charge in [-0.05, 0) is 6.92 Å². The largest absolute Gasteiger partial charge is 0.374 e. The third-order valence-corrected chi connectivity index (χ3v) is 6.09. The molecule has 11 heteroatoms. The van der Waals surface area contributed by atoms with Crippen molar-refractivity contribution in [3.63, 3.8) is 0 Å². The van der Waals surface area contributed by atoms with E-state index in [4.69, 9.17) is 10.5 Å². The van der Waals surface area contributed by atoms with Crippen molar-refractivity contribution in [1.29, 1.82) is 0 Å². The lowest BCUT2D eigenvalue weighted by Crippen LogP contribution is -2.52. The van der Waals surface area contributed by atoms with Gasteiger partial charge < -0.3 is 15.8 Å². The number of carbonyl (C=O) groups excluding carboxylic acids is 1. The Morgan fingerprint density at radius 2 is 2.29 bits per heavy atom. The average Bonchev–Trinajstić information content (AvgIpc) is 2.87. The van der Waals surface area contributed by atoms with E-state index in [1.807, 2.05) is 0 Å². The van der Waals surface area contributed by atoms with Crippen LogP contribution in [0.15, 0.2) is 4.34 Å². The molecular weight excluding hydrogens is 318 g/mol. The third-order valence-electron chi connectivity index (χ3n) is 2.93. The molecule has 0 spiro atoms. The summed E-state index contributed by atoms with van der Waals surface area (Å²) in [6.07, 6.45) is -0.335. The van der Waals surface area contributed by atoms with E-state index in [1.165, 1.54) is 11.2 Å². The van der Waals surface area contributed by atoms with E-state index in [2.05, 4.69) is 15.5 Å². The Labute approximate surface area is 126 Å². The molecule has 1 aromatic heterocycles. The van der Waals surface area contributed by atoms with Crippen LogP contribution in [-0.2, 0) is 19.6 Å². The SMILES string of the molecule is CC(=O)Nc1nnc(S(=O)(=O)N2CC(CN)OCC2C)s1. The minimum absolute atomic E-state index is 0.150. The van der Waals surface area contributed by atoms with Gasteiger partial charge in [0, 0.05) is 26.1 Å². The predicted molar refractivity (Wildman–Crippen MR) is 76.4 cm³/mol. The summed E-state index contributed by atoms with van der Waals surface area (Å²) in [5, 5.41) is 9.87. The van der Waals surface area contributed by atoms with Crippen molar-refractivity contribution in [3.05, 3.63) is 0 Å². The van der Waals surface area contributed by atoms with Crippen LogP contribution >= 0.6 is 11.3 Å². The van der Waals surface area contributed by atoms with Gasteiger partial charge in [-0.1, -0.05) is 11.3 Å². The number of anilines is 1. The van der Waals surface area contributed by atoms with E-state index < -0.39 is 10.0 Å². The number of carbonyl (C=O) groups is 1. The predicted octanol–water partition coefficient (Wildman–Crippen LogP) is -0.767. The average molecular weight is 335 g/mol. The minimum Gasteiger partial charge on any atom is -0.374 e. The maximum atomic E-state index is 12.6. The van der Waals surface area contributed by atoms with Crippen LogP contribution in [0, 0.1) is 0 Å². The van der Waals surface area contributed by atoms with Crippen molar-refractivity contribution in [3.8, 4) is 0 Å². The Kier molecular flexibility index (Phi) is 4.88. The summed E-state index contributed by atoms with van der Waals surface area (Å²) < 4.78 is 31.8. The number of aromatic nitrogens is 2. The molecule has 0 saturated carbocycles. The Morgan fingerprint density at radius 1 is 1.57 bits per heavy atom. The number of amides is 1. The van der Waals surface area contributed by atoms with Gasteiger partial charge in [-0.2, -0.15) is 4.31 Å². The highest BCUT2D eigenvalue weighted by atomic mass is 32.2. The molecule has 0 radical (unpaired) electrons. The Hall–Kier alpha value is -1.14. The van der Waals surface area contributed by atoms with Gasteiger partial charge in [-0.3, -0.25) is 4.79 Å². The highest BCUT2D eigenvalue weighted by Gasteiger charge is 2.37. The number of nitrogens with zero attached hydrogens (tertiary/aromatic N) is 3. The monoisotopic (exact) mass is 335 g/mol. The molecule has 1 aliphatic rings. The van der Waals surface area contributed by atoms with Gasteiger partial charge in [0.25, 0.3) is 10.0 Å². The lowest BCUT2D eigenvalue weighted by atomic mass is 10.2. The zero-order chi connectivity index (χ0) is 15.6. The van der Waals surface area contributed by atoms with Crippen LogP contribution in [0.5, 0.6) is 0 Å². The molecule has 0 aromatic carbocycles. The first-order valence-electron chi connectivity index (χ1n) is 6.29. The number of nitrogens with one attached hydrogen (secondary N) is 1. The topological polar surface area (TPSA) is 128 Å². The molecule has 0 aliphatic carbocycles. The van der Waals surface area contributed by atoms with Crippen molar-refractivity contribution >= 4 is 32.4 Å². The van der Waals surface area contributed by atoms with Crippen LogP contribution in [-0.4, -0.2) is 60.7 Å². The molecule has 118 valence electrons. The van der Waals surface area contributed by atoms with Gasteiger partial charge in [0.1, 0.15) is 0 Å². The van der Waals surface area contributed by atoms with Gasteiger partial charge in [0.2, 0.25) is 15.4 Å². The number of morpholine rings is 1. The fourth-order valence-corrected chi connectivity index (χ4v) is 4.60. The molecule has 0 bridgehead atoms. The normalized spacial score (nSPS) is 24.0. The number of hydrogen-bond acceptors (Lipinski definition) is 8. The smallest absolute Gasteiger partial charge is 0.272 e. The Morgan fingerprint density at radius 3 is 2.90 bits per heavy atom. The van der Waals surface area contributed by atoms with Crippen LogP contribution in [0.4, 0.5) is 5.13 Å². The van der Waals surface area contributed by atoms with Crippen LogP contribution in [0.1, 0.15) is 13.8 Å². The van der Waals surface area contributed by atoms with E-state index in [-0.39, 0.29) is 47.2 Å². The maximum Gasteiger partial charge on any atom is 0.272 e. The second kappa shape index (κ2) is 6.32. The quantitative estimate of drug-likeness (QED) is 0.692. The summed E-state index contributed by atoms with van der Waals surface area (Å²) in [6, 6.07) is -0.314. The van der Waals surface area contributed by atoms with Crippen molar-refractivity contribution in [2.45, 2.75) is 30.3 Å². The summed E-state index contributed by atoms with van der Waals surface area (Å²) in [5.41, 5.74) is 5.53. The Balaban J connectivity index is 2.23. The van der Waals surface area contributed by atoms with Gasteiger partial charge in [-0.15, -0.1) is 10.2 Å². The summed E-state index contributed by atoms with van der Waals surface area (Å²) in [4.78, 5) is 10.9. The van der Waals surface area contributed by atoms with Crippen molar-refractivity contribution < 1.29 is 17.9 Å². The highest BCUT2D eigenvalue weighted by Crippen LogP contribution is 2.26. The lowest BCUT2D eigenvalue weighted by molar-refractivity contribution is -0.114. The molecule has 3 N–H and O–H groups in total. The second-order valence-corrected chi connectivity index (χ2v) is 7.71. The second-order valence-electron chi connectivity index (χ2n) is 4.67. The summed E-state index contributed by atoms with van der Waals surface area (Å²) in [7, 11) is -3.78. The van der Waals surface area contributed by atoms with Gasteiger partial charge in [-0.25, -0.2) is 8.42 Å². The first kappa shape index (κ1) is 16.2. The van der Waals surface area contributed by atoms with E-state index in [1.54, 1.807) is 6.92 Å². The third kappa shape index (κ3) is 3.55. The molecule has 9 nitrogen and oxygen atoms in total. The van der Waals surface area contributed by atoms with E-state index in [0.29, 0.717) is 0 Å². The molecule has 1 amide bonds. The van der Waals surface area contributed by atoms with E-state index in [9.17, 15) is 13.2 Å². The molecule has 1 fully saturated rings. The van der Waals surface area contributed by atoms with Crippen molar-refractivity contribution in [1.82, 2.24) is 14.5 Å². The molecule has 2 heterocycles. The fourth-order valence-electron chi connectivity index (χ4n) is 1.88.